The summed E-state index contributed by atoms with van der Waals surface area (Å²) in [6.45, 7) is 7.05. The van der Waals surface area contributed by atoms with E-state index in [0.29, 0.717) is 0 Å². The van der Waals surface area contributed by atoms with E-state index in [-0.39, 0.29) is 0 Å². The molecule has 0 amide bonds. The largest absolute Gasteiger partial charge is 0.356 e. The average Bonchev–Trinajstić information content (AvgIpc) is 3.31. The zero-order valence-corrected chi connectivity index (χ0v) is 15.2. The summed E-state index contributed by atoms with van der Waals surface area (Å²) in [5.74, 6) is 2.19. The zero-order chi connectivity index (χ0) is 17.3. The summed E-state index contributed by atoms with van der Waals surface area (Å²) in [6.07, 6.45) is 8.49. The normalized spacial score (nSPS) is 14.9. The molecule has 25 heavy (non-hydrogen) atoms. The first-order chi connectivity index (χ1) is 12.4. The monoisotopic (exact) mass is 339 g/mol. The number of imidazole rings is 1. The van der Waals surface area contributed by atoms with Crippen LogP contribution in [0.4, 0.5) is 0 Å². The van der Waals surface area contributed by atoms with Crippen molar-refractivity contribution in [2.45, 2.75) is 39.2 Å². The van der Waals surface area contributed by atoms with Gasteiger partial charge in [0.2, 0.25) is 0 Å². The minimum atomic E-state index is 0.866. The summed E-state index contributed by atoms with van der Waals surface area (Å²) in [5, 5.41) is 3.55. The van der Waals surface area contributed by atoms with E-state index in [1.807, 2.05) is 6.20 Å². The Labute approximate surface area is 150 Å². The maximum absolute atomic E-state index is 4.74. The summed E-state index contributed by atoms with van der Waals surface area (Å²) in [6, 6.07) is 10.5. The molecular weight excluding hydrogens is 310 g/mol. The molecule has 1 aliphatic heterocycles. The van der Waals surface area contributed by atoms with Crippen LogP contribution in [0.25, 0.3) is 0 Å². The van der Waals surface area contributed by atoms with Gasteiger partial charge in [0.15, 0.2) is 5.96 Å². The van der Waals surface area contributed by atoms with Gasteiger partial charge in [-0.1, -0.05) is 37.3 Å². The number of nitrogens with zero attached hydrogens (tertiary/aromatic N) is 4. The molecule has 2 aromatic rings. The highest BCUT2D eigenvalue weighted by molar-refractivity contribution is 5.80. The summed E-state index contributed by atoms with van der Waals surface area (Å²) >= 11 is 0. The predicted octanol–water partition coefficient (Wildman–Crippen LogP) is 2.93. The van der Waals surface area contributed by atoms with Gasteiger partial charge in [0.25, 0.3) is 0 Å². The molecule has 5 heteroatoms. The second-order valence-electron chi connectivity index (χ2n) is 6.53. The summed E-state index contributed by atoms with van der Waals surface area (Å²) in [4.78, 5) is 11.7. The van der Waals surface area contributed by atoms with E-state index in [0.717, 1.165) is 57.3 Å². The Morgan fingerprint density at radius 3 is 2.76 bits per heavy atom. The number of benzene rings is 1. The molecule has 1 aromatic carbocycles. The third kappa shape index (κ3) is 5.08. The number of aromatic nitrogens is 2. The molecule has 0 aliphatic carbocycles. The quantitative estimate of drug-likeness (QED) is 0.623. The third-order valence-corrected chi connectivity index (χ3v) is 4.52. The molecule has 1 saturated heterocycles. The fraction of sp³-hybridized carbons (Fsp3) is 0.500. The second-order valence-corrected chi connectivity index (χ2v) is 6.53. The molecule has 0 saturated carbocycles. The van der Waals surface area contributed by atoms with Crippen LogP contribution >= 0.6 is 0 Å². The van der Waals surface area contributed by atoms with E-state index in [2.05, 4.69) is 63.2 Å². The summed E-state index contributed by atoms with van der Waals surface area (Å²) < 4.78 is 2.23. The van der Waals surface area contributed by atoms with Crippen molar-refractivity contribution in [2.75, 3.05) is 26.2 Å². The molecule has 0 atom stereocenters. The molecule has 0 radical (unpaired) electrons. The van der Waals surface area contributed by atoms with Gasteiger partial charge in [-0.2, -0.15) is 0 Å². The average molecular weight is 339 g/mol. The minimum absolute atomic E-state index is 0.866. The number of aliphatic imine (C=N–C) groups is 1. The van der Waals surface area contributed by atoms with Crippen LogP contribution in [0.1, 0.15) is 37.6 Å². The minimum Gasteiger partial charge on any atom is -0.356 e. The van der Waals surface area contributed by atoms with Crippen molar-refractivity contribution in [1.82, 2.24) is 19.8 Å². The molecule has 3 rings (SSSR count). The molecule has 0 bridgehead atoms. The molecule has 1 aromatic heterocycles. The Bertz CT molecular complexity index is 656. The highest BCUT2D eigenvalue weighted by Gasteiger charge is 2.15. The zero-order valence-electron chi connectivity index (χ0n) is 15.2. The van der Waals surface area contributed by atoms with Gasteiger partial charge in [0, 0.05) is 51.5 Å². The fourth-order valence-corrected chi connectivity index (χ4v) is 3.19. The van der Waals surface area contributed by atoms with Gasteiger partial charge in [-0.3, -0.25) is 4.99 Å². The lowest BCUT2D eigenvalue weighted by molar-refractivity contribution is 0.490. The maximum atomic E-state index is 4.74. The fourth-order valence-electron chi connectivity index (χ4n) is 3.19. The highest BCUT2D eigenvalue weighted by atomic mass is 15.3. The Morgan fingerprint density at radius 1 is 1.20 bits per heavy atom. The van der Waals surface area contributed by atoms with Gasteiger partial charge < -0.3 is 14.8 Å². The summed E-state index contributed by atoms with van der Waals surface area (Å²) in [5.41, 5.74) is 1.30. The Balaban J connectivity index is 1.55. The second kappa shape index (κ2) is 9.25. The number of guanidine groups is 1. The van der Waals surface area contributed by atoms with Crippen LogP contribution in [-0.4, -0.2) is 46.6 Å². The molecule has 1 N–H and O–H groups in total. The van der Waals surface area contributed by atoms with Crippen molar-refractivity contribution in [3.05, 3.63) is 54.1 Å². The van der Waals surface area contributed by atoms with Crippen molar-refractivity contribution in [3.63, 3.8) is 0 Å². The van der Waals surface area contributed by atoms with Crippen LogP contribution in [0.2, 0.25) is 0 Å². The van der Waals surface area contributed by atoms with Crippen molar-refractivity contribution in [2.24, 2.45) is 4.99 Å². The van der Waals surface area contributed by atoms with E-state index in [1.54, 1.807) is 0 Å². The molecule has 0 unspecified atom stereocenters. The van der Waals surface area contributed by atoms with Crippen LogP contribution in [0.15, 0.2) is 47.7 Å². The topological polar surface area (TPSA) is 45.5 Å². The van der Waals surface area contributed by atoms with Gasteiger partial charge in [-0.05, 0) is 24.8 Å². The Morgan fingerprint density at radius 2 is 2.00 bits per heavy atom. The molecule has 134 valence electrons. The summed E-state index contributed by atoms with van der Waals surface area (Å²) in [7, 11) is 0. The van der Waals surface area contributed by atoms with Crippen LogP contribution in [0.3, 0.4) is 0 Å². The maximum Gasteiger partial charge on any atom is 0.193 e. The lowest BCUT2D eigenvalue weighted by Gasteiger charge is -2.21. The standard InChI is InChI=1S/C20H29N5/c1-2-11-22-20(24-14-6-7-15-24)23-12-10-19-21-13-16-25(19)17-18-8-4-3-5-9-18/h3-5,8-9,13,16H,2,6-7,10-12,14-15,17H2,1H3,(H,22,23). The van der Waals surface area contributed by atoms with Crippen LogP contribution in [0.5, 0.6) is 0 Å². The number of hydrogen-bond donors (Lipinski definition) is 1. The van der Waals surface area contributed by atoms with Crippen molar-refractivity contribution in [3.8, 4) is 0 Å². The van der Waals surface area contributed by atoms with Crippen LogP contribution in [0, 0.1) is 0 Å². The molecule has 0 spiro atoms. The molecule has 1 aliphatic rings. The number of nitrogens with one attached hydrogen (secondary N) is 1. The van der Waals surface area contributed by atoms with Crippen LogP contribution in [-0.2, 0) is 13.0 Å². The van der Waals surface area contributed by atoms with E-state index in [9.17, 15) is 0 Å². The molecule has 5 nitrogen and oxygen atoms in total. The van der Waals surface area contributed by atoms with E-state index < -0.39 is 0 Å². The first kappa shape index (κ1) is 17.5. The lowest BCUT2D eigenvalue weighted by atomic mass is 10.2. The first-order valence-electron chi connectivity index (χ1n) is 9.44. The van der Waals surface area contributed by atoms with Gasteiger partial charge in [0.05, 0.1) is 0 Å². The molecule has 1 fully saturated rings. The molecule has 2 heterocycles. The van der Waals surface area contributed by atoms with E-state index in [1.165, 1.54) is 18.4 Å². The Hall–Kier alpha value is -2.30. The smallest absolute Gasteiger partial charge is 0.193 e. The first-order valence-corrected chi connectivity index (χ1v) is 9.44. The van der Waals surface area contributed by atoms with Gasteiger partial charge in [0.1, 0.15) is 5.82 Å². The van der Waals surface area contributed by atoms with Crippen molar-refractivity contribution in [1.29, 1.82) is 0 Å². The Kier molecular flexibility index (Phi) is 6.48. The van der Waals surface area contributed by atoms with Crippen molar-refractivity contribution >= 4 is 5.96 Å². The SMILES string of the molecule is CCCN=C(NCCc1nccn1Cc1ccccc1)N1CCCC1. The van der Waals surface area contributed by atoms with Crippen LogP contribution < -0.4 is 5.32 Å². The van der Waals surface area contributed by atoms with Gasteiger partial charge in [-0.25, -0.2) is 4.98 Å². The third-order valence-electron chi connectivity index (χ3n) is 4.52. The number of hydrogen-bond acceptors (Lipinski definition) is 2. The van der Waals surface area contributed by atoms with Gasteiger partial charge >= 0.3 is 0 Å². The van der Waals surface area contributed by atoms with E-state index >= 15 is 0 Å². The lowest BCUT2D eigenvalue weighted by Crippen LogP contribution is -2.40. The highest BCUT2D eigenvalue weighted by Crippen LogP contribution is 2.08. The van der Waals surface area contributed by atoms with Gasteiger partial charge in [-0.15, -0.1) is 0 Å². The van der Waals surface area contributed by atoms with Crippen molar-refractivity contribution < 1.29 is 0 Å². The predicted molar refractivity (Wildman–Crippen MR) is 103 cm³/mol. The molecular formula is C20H29N5. The van der Waals surface area contributed by atoms with E-state index in [4.69, 9.17) is 4.99 Å². The number of likely N-dealkylation sites (tertiary alicyclic amines) is 1. The number of rotatable bonds is 7.